The molecule has 3 amide bonds. The Kier molecular flexibility index (Phi) is 7.98. The molecule has 0 aromatic heterocycles. The molecule has 2 aromatic rings. The summed E-state index contributed by atoms with van der Waals surface area (Å²) in [7, 11) is 0. The normalized spacial score (nSPS) is 15.2. The summed E-state index contributed by atoms with van der Waals surface area (Å²) < 4.78 is 14.0. The molecule has 1 saturated heterocycles. The van der Waals surface area contributed by atoms with Gasteiger partial charge in [0, 0.05) is 31.7 Å². The summed E-state index contributed by atoms with van der Waals surface area (Å²) in [6, 6.07) is 14.1. The molecule has 1 aliphatic rings. The van der Waals surface area contributed by atoms with Crippen molar-refractivity contribution in [3.8, 4) is 0 Å². The Balaban J connectivity index is 1.73. The highest BCUT2D eigenvalue weighted by atomic mass is 19.1. The van der Waals surface area contributed by atoms with E-state index in [1.54, 1.807) is 46.2 Å². The standard InChI is InChI=1S/C25H30FN3O3/c1-3-28(4-2)25(32)22(27-23(30)19-10-6-5-7-11-19)18-14-16-29(17-15-18)24(31)20-12-8-9-13-21(20)26/h5-13,18,22H,3-4,14-17H2,1-2H3,(H,27,30)/t22-/m0/s1. The van der Waals surface area contributed by atoms with Crippen LogP contribution in [0.5, 0.6) is 0 Å². The highest BCUT2D eigenvalue weighted by Gasteiger charge is 2.36. The van der Waals surface area contributed by atoms with Crippen LogP contribution in [0.1, 0.15) is 47.4 Å². The lowest BCUT2D eigenvalue weighted by Gasteiger charge is -2.37. The number of carbonyl (C=O) groups is 3. The molecule has 1 N–H and O–H groups in total. The molecule has 0 radical (unpaired) electrons. The Morgan fingerprint density at radius 3 is 2.19 bits per heavy atom. The molecule has 1 atom stereocenters. The number of hydrogen-bond donors (Lipinski definition) is 1. The summed E-state index contributed by atoms with van der Waals surface area (Å²) in [5.74, 6) is -1.40. The van der Waals surface area contributed by atoms with Crippen molar-refractivity contribution in [1.82, 2.24) is 15.1 Å². The fraction of sp³-hybridized carbons (Fsp3) is 0.400. The lowest BCUT2D eigenvalue weighted by Crippen LogP contribution is -2.54. The van der Waals surface area contributed by atoms with Crippen LogP contribution in [0, 0.1) is 11.7 Å². The van der Waals surface area contributed by atoms with Crippen LogP contribution < -0.4 is 5.32 Å². The molecule has 2 aromatic carbocycles. The maximum Gasteiger partial charge on any atom is 0.256 e. The van der Waals surface area contributed by atoms with Gasteiger partial charge in [-0.1, -0.05) is 30.3 Å². The monoisotopic (exact) mass is 439 g/mol. The first-order chi connectivity index (χ1) is 15.5. The molecule has 3 rings (SSSR count). The molecule has 7 heteroatoms. The van der Waals surface area contributed by atoms with Gasteiger partial charge in [-0.05, 0) is 56.9 Å². The lowest BCUT2D eigenvalue weighted by atomic mass is 9.87. The smallest absolute Gasteiger partial charge is 0.256 e. The number of benzene rings is 2. The zero-order valence-corrected chi connectivity index (χ0v) is 18.6. The molecular weight excluding hydrogens is 409 g/mol. The average Bonchev–Trinajstić information content (AvgIpc) is 2.83. The average molecular weight is 440 g/mol. The van der Waals surface area contributed by atoms with Gasteiger partial charge in [0.1, 0.15) is 11.9 Å². The van der Waals surface area contributed by atoms with Crippen molar-refractivity contribution >= 4 is 17.7 Å². The number of likely N-dealkylation sites (tertiary alicyclic amines) is 1. The third-order valence-corrected chi connectivity index (χ3v) is 6.07. The molecule has 0 spiro atoms. The second-order valence-electron chi connectivity index (χ2n) is 7.94. The van der Waals surface area contributed by atoms with Crippen LogP contribution in [0.25, 0.3) is 0 Å². The van der Waals surface area contributed by atoms with Gasteiger partial charge in [-0.2, -0.15) is 0 Å². The molecule has 6 nitrogen and oxygen atoms in total. The molecule has 170 valence electrons. The summed E-state index contributed by atoms with van der Waals surface area (Å²) in [5.41, 5.74) is 0.552. The van der Waals surface area contributed by atoms with Crippen LogP contribution in [0.4, 0.5) is 4.39 Å². The van der Waals surface area contributed by atoms with Crippen LogP contribution in [0.15, 0.2) is 54.6 Å². The third-order valence-electron chi connectivity index (χ3n) is 6.07. The molecule has 1 heterocycles. The molecule has 0 unspecified atom stereocenters. The van der Waals surface area contributed by atoms with Gasteiger partial charge in [-0.25, -0.2) is 4.39 Å². The van der Waals surface area contributed by atoms with Crippen LogP contribution in [0.2, 0.25) is 0 Å². The number of carbonyl (C=O) groups excluding carboxylic acids is 3. The Bertz CT molecular complexity index is 938. The Morgan fingerprint density at radius 1 is 1.00 bits per heavy atom. The van der Waals surface area contributed by atoms with E-state index in [4.69, 9.17) is 0 Å². The van der Waals surface area contributed by atoms with E-state index in [9.17, 15) is 18.8 Å². The van der Waals surface area contributed by atoms with Gasteiger partial charge in [0.25, 0.3) is 11.8 Å². The number of nitrogens with zero attached hydrogens (tertiary/aromatic N) is 2. The van der Waals surface area contributed by atoms with E-state index in [0.717, 1.165) is 0 Å². The maximum absolute atomic E-state index is 14.0. The van der Waals surface area contributed by atoms with Crippen LogP contribution in [-0.4, -0.2) is 59.7 Å². The van der Waals surface area contributed by atoms with Crippen molar-refractivity contribution in [1.29, 1.82) is 0 Å². The van der Waals surface area contributed by atoms with Gasteiger partial charge in [-0.3, -0.25) is 14.4 Å². The Morgan fingerprint density at radius 2 is 1.59 bits per heavy atom. The molecule has 0 saturated carbocycles. The number of amides is 3. The molecular formula is C25H30FN3O3. The fourth-order valence-corrected chi connectivity index (χ4v) is 4.17. The topological polar surface area (TPSA) is 69.7 Å². The molecule has 32 heavy (non-hydrogen) atoms. The van der Waals surface area contributed by atoms with Crippen molar-refractivity contribution in [3.05, 3.63) is 71.5 Å². The van der Waals surface area contributed by atoms with Gasteiger partial charge >= 0.3 is 0 Å². The molecule has 1 aliphatic heterocycles. The highest BCUT2D eigenvalue weighted by molar-refractivity contribution is 5.97. The van der Waals surface area contributed by atoms with Crippen LogP contribution in [0.3, 0.4) is 0 Å². The number of rotatable bonds is 7. The first-order valence-corrected chi connectivity index (χ1v) is 11.1. The number of nitrogens with one attached hydrogen (secondary N) is 1. The van der Waals surface area contributed by atoms with Crippen molar-refractivity contribution in [2.75, 3.05) is 26.2 Å². The van der Waals surface area contributed by atoms with E-state index >= 15 is 0 Å². The summed E-state index contributed by atoms with van der Waals surface area (Å²) in [5, 5.41) is 2.94. The van der Waals surface area contributed by atoms with E-state index < -0.39 is 11.9 Å². The predicted octanol–water partition coefficient (Wildman–Crippen LogP) is 3.34. The van der Waals surface area contributed by atoms with Crippen molar-refractivity contribution in [2.45, 2.75) is 32.7 Å². The Hall–Kier alpha value is -3.22. The zero-order chi connectivity index (χ0) is 23.1. The minimum atomic E-state index is -0.673. The molecule has 0 aliphatic carbocycles. The minimum absolute atomic E-state index is 0.0547. The minimum Gasteiger partial charge on any atom is -0.341 e. The second kappa shape index (κ2) is 10.9. The van der Waals surface area contributed by atoms with E-state index in [0.29, 0.717) is 44.6 Å². The highest BCUT2D eigenvalue weighted by Crippen LogP contribution is 2.24. The number of piperidine rings is 1. The van der Waals surface area contributed by atoms with Gasteiger partial charge in [0.15, 0.2) is 0 Å². The Labute approximate surface area is 188 Å². The largest absolute Gasteiger partial charge is 0.341 e. The number of likely N-dealkylation sites (N-methyl/N-ethyl adjacent to an activating group) is 1. The first-order valence-electron chi connectivity index (χ1n) is 11.1. The quantitative estimate of drug-likeness (QED) is 0.719. The van der Waals surface area contributed by atoms with Crippen molar-refractivity contribution in [2.24, 2.45) is 5.92 Å². The van der Waals surface area contributed by atoms with Crippen molar-refractivity contribution in [3.63, 3.8) is 0 Å². The van der Waals surface area contributed by atoms with E-state index in [-0.39, 0.29) is 29.2 Å². The lowest BCUT2D eigenvalue weighted by molar-refractivity contribution is -0.134. The molecule has 1 fully saturated rings. The predicted molar refractivity (Wildman–Crippen MR) is 121 cm³/mol. The van der Waals surface area contributed by atoms with Crippen molar-refractivity contribution < 1.29 is 18.8 Å². The van der Waals surface area contributed by atoms with Gasteiger partial charge in [0.05, 0.1) is 5.56 Å². The second-order valence-corrected chi connectivity index (χ2v) is 7.94. The van der Waals surface area contributed by atoms with E-state index in [2.05, 4.69) is 5.32 Å². The van der Waals surface area contributed by atoms with Gasteiger partial charge in [-0.15, -0.1) is 0 Å². The zero-order valence-electron chi connectivity index (χ0n) is 18.6. The van der Waals surface area contributed by atoms with E-state index in [1.807, 2.05) is 19.9 Å². The number of hydrogen-bond acceptors (Lipinski definition) is 3. The SMILES string of the molecule is CCN(CC)C(=O)[C@@H](NC(=O)c1ccccc1)C1CCN(C(=O)c2ccccc2F)CC1. The number of halogens is 1. The van der Waals surface area contributed by atoms with Crippen LogP contribution >= 0.6 is 0 Å². The summed E-state index contributed by atoms with van der Waals surface area (Å²) in [6.45, 7) is 5.73. The first kappa shape index (κ1) is 23.4. The summed E-state index contributed by atoms with van der Waals surface area (Å²) in [6.07, 6.45) is 1.10. The summed E-state index contributed by atoms with van der Waals surface area (Å²) in [4.78, 5) is 42.1. The summed E-state index contributed by atoms with van der Waals surface area (Å²) >= 11 is 0. The molecule has 0 bridgehead atoms. The maximum atomic E-state index is 14.0. The van der Waals surface area contributed by atoms with E-state index in [1.165, 1.54) is 12.1 Å². The van der Waals surface area contributed by atoms with Crippen LogP contribution in [-0.2, 0) is 4.79 Å². The fourth-order valence-electron chi connectivity index (χ4n) is 4.17. The third kappa shape index (κ3) is 5.33. The van der Waals surface area contributed by atoms with Gasteiger partial charge in [0.2, 0.25) is 5.91 Å². The van der Waals surface area contributed by atoms with Gasteiger partial charge < -0.3 is 15.1 Å².